The van der Waals surface area contributed by atoms with Crippen LogP contribution in [0.15, 0.2) is 12.1 Å². The molecule has 0 bridgehead atoms. The van der Waals surface area contributed by atoms with Crippen LogP contribution in [0.2, 0.25) is 5.02 Å². The first-order valence-corrected chi connectivity index (χ1v) is 5.69. The molecule has 1 aliphatic heterocycles. The molecular formula is C11H12ClNO4. The summed E-state index contributed by atoms with van der Waals surface area (Å²) in [6, 6.07) is 3.05. The summed E-state index contributed by atoms with van der Waals surface area (Å²) in [6.45, 7) is 1.31. The van der Waals surface area contributed by atoms with E-state index < -0.39 is 5.97 Å². The van der Waals surface area contributed by atoms with Gasteiger partial charge in [0.25, 0.3) is 0 Å². The largest absolute Gasteiger partial charge is 0.476 e. The number of carbonyl (C=O) groups is 1. The topological polar surface area (TPSA) is 68.7 Å². The Kier molecular flexibility index (Phi) is 3.81. The summed E-state index contributed by atoms with van der Waals surface area (Å²) in [6.07, 6.45) is 1.60. The molecule has 0 aliphatic carbocycles. The molecule has 1 aliphatic rings. The Balaban J connectivity index is 2.10. The van der Waals surface area contributed by atoms with Crippen LogP contribution in [-0.4, -0.2) is 35.4 Å². The van der Waals surface area contributed by atoms with Gasteiger partial charge in [-0.1, -0.05) is 11.6 Å². The average Bonchev–Trinajstić information content (AvgIpc) is 2.32. The summed E-state index contributed by atoms with van der Waals surface area (Å²) in [5.41, 5.74) is -0.184. The highest BCUT2D eigenvalue weighted by atomic mass is 35.5. The van der Waals surface area contributed by atoms with Crippen LogP contribution >= 0.6 is 11.6 Å². The van der Waals surface area contributed by atoms with E-state index in [2.05, 4.69) is 4.98 Å². The molecule has 6 heteroatoms. The molecule has 0 saturated carbocycles. The van der Waals surface area contributed by atoms with Crippen LogP contribution in [0.5, 0.6) is 5.88 Å². The van der Waals surface area contributed by atoms with Crippen LogP contribution in [0.4, 0.5) is 0 Å². The van der Waals surface area contributed by atoms with Crippen molar-refractivity contribution in [3.05, 3.63) is 22.8 Å². The normalized spacial score (nSPS) is 16.8. The minimum absolute atomic E-state index is 0.0269. The van der Waals surface area contributed by atoms with Crippen LogP contribution in [-0.2, 0) is 4.74 Å². The van der Waals surface area contributed by atoms with Gasteiger partial charge in [-0.2, -0.15) is 0 Å². The molecule has 1 aromatic heterocycles. The van der Waals surface area contributed by atoms with E-state index in [1.807, 2.05) is 0 Å². The van der Waals surface area contributed by atoms with Crippen molar-refractivity contribution in [1.29, 1.82) is 0 Å². The summed E-state index contributed by atoms with van der Waals surface area (Å²) in [7, 11) is 0. The maximum atomic E-state index is 10.8. The van der Waals surface area contributed by atoms with Crippen molar-refractivity contribution in [2.75, 3.05) is 13.2 Å². The van der Waals surface area contributed by atoms with Gasteiger partial charge in [-0.15, -0.1) is 0 Å². The lowest BCUT2D eigenvalue weighted by molar-refractivity contribution is 0.0235. The zero-order valence-corrected chi connectivity index (χ0v) is 9.81. The fourth-order valence-corrected chi connectivity index (χ4v) is 1.79. The van der Waals surface area contributed by atoms with E-state index in [1.54, 1.807) is 6.07 Å². The standard InChI is InChI=1S/C11H12ClNO4/c12-8-1-2-9(13-10(8)11(14)15)17-7-3-5-16-6-4-7/h1-2,7H,3-6H2,(H,14,15). The maximum absolute atomic E-state index is 10.8. The molecule has 0 unspecified atom stereocenters. The summed E-state index contributed by atoms with van der Waals surface area (Å²) in [5.74, 6) is -0.869. The first-order valence-electron chi connectivity index (χ1n) is 5.31. The number of rotatable bonds is 3. The minimum atomic E-state index is -1.16. The van der Waals surface area contributed by atoms with Gasteiger partial charge >= 0.3 is 5.97 Å². The SMILES string of the molecule is O=C(O)c1nc(OC2CCOCC2)ccc1Cl. The highest BCUT2D eigenvalue weighted by Gasteiger charge is 2.18. The number of hydrogen-bond acceptors (Lipinski definition) is 4. The molecule has 1 saturated heterocycles. The fraction of sp³-hybridized carbons (Fsp3) is 0.455. The molecule has 2 heterocycles. The third kappa shape index (κ3) is 3.08. The van der Waals surface area contributed by atoms with Crippen LogP contribution in [0.1, 0.15) is 23.3 Å². The van der Waals surface area contributed by atoms with Crippen LogP contribution in [0.25, 0.3) is 0 Å². The summed E-state index contributed by atoms with van der Waals surface area (Å²) >= 11 is 5.72. The molecule has 0 radical (unpaired) electrons. The zero-order chi connectivity index (χ0) is 12.3. The van der Waals surface area contributed by atoms with Gasteiger partial charge in [0.15, 0.2) is 5.69 Å². The molecule has 5 nitrogen and oxygen atoms in total. The second-order valence-electron chi connectivity index (χ2n) is 3.71. The first kappa shape index (κ1) is 12.1. The van der Waals surface area contributed by atoms with Crippen molar-refractivity contribution in [3.8, 4) is 5.88 Å². The molecule has 1 fully saturated rings. The Hall–Kier alpha value is -1.33. The minimum Gasteiger partial charge on any atom is -0.476 e. The van der Waals surface area contributed by atoms with Crippen molar-refractivity contribution in [2.45, 2.75) is 18.9 Å². The van der Waals surface area contributed by atoms with E-state index in [4.69, 9.17) is 26.2 Å². The number of halogens is 1. The van der Waals surface area contributed by atoms with Gasteiger partial charge in [-0.3, -0.25) is 0 Å². The second-order valence-corrected chi connectivity index (χ2v) is 4.12. The van der Waals surface area contributed by atoms with Gasteiger partial charge in [0.2, 0.25) is 5.88 Å². The van der Waals surface area contributed by atoms with E-state index in [9.17, 15) is 4.79 Å². The zero-order valence-electron chi connectivity index (χ0n) is 9.06. The van der Waals surface area contributed by atoms with Crippen molar-refractivity contribution in [1.82, 2.24) is 4.98 Å². The number of hydrogen-bond donors (Lipinski definition) is 1. The number of aromatic carboxylic acids is 1. The molecule has 0 spiro atoms. The molecule has 2 rings (SSSR count). The quantitative estimate of drug-likeness (QED) is 0.897. The van der Waals surface area contributed by atoms with Crippen molar-refractivity contribution >= 4 is 17.6 Å². The van der Waals surface area contributed by atoms with Crippen LogP contribution in [0.3, 0.4) is 0 Å². The smallest absolute Gasteiger partial charge is 0.356 e. The van der Waals surface area contributed by atoms with Crippen LogP contribution in [0, 0.1) is 0 Å². The molecular weight excluding hydrogens is 246 g/mol. The molecule has 0 amide bonds. The highest BCUT2D eigenvalue weighted by Crippen LogP contribution is 2.21. The van der Waals surface area contributed by atoms with Crippen molar-refractivity contribution in [2.24, 2.45) is 0 Å². The molecule has 1 N–H and O–H groups in total. The van der Waals surface area contributed by atoms with Gasteiger partial charge in [0.1, 0.15) is 6.10 Å². The number of ether oxygens (including phenoxy) is 2. The van der Waals surface area contributed by atoms with Gasteiger partial charge in [0.05, 0.1) is 18.2 Å². The predicted octanol–water partition coefficient (Wildman–Crippen LogP) is 1.99. The Bertz CT molecular complexity index is 418. The van der Waals surface area contributed by atoms with Gasteiger partial charge in [-0.25, -0.2) is 9.78 Å². The van der Waals surface area contributed by atoms with E-state index >= 15 is 0 Å². The molecule has 0 aromatic carbocycles. The van der Waals surface area contributed by atoms with Gasteiger partial charge in [-0.05, 0) is 6.07 Å². The third-order valence-electron chi connectivity index (χ3n) is 2.48. The predicted molar refractivity (Wildman–Crippen MR) is 60.7 cm³/mol. The third-order valence-corrected chi connectivity index (χ3v) is 2.78. The fourth-order valence-electron chi connectivity index (χ4n) is 1.60. The van der Waals surface area contributed by atoms with E-state index in [0.717, 1.165) is 12.8 Å². The van der Waals surface area contributed by atoms with Gasteiger partial charge in [0, 0.05) is 18.9 Å². The lowest BCUT2D eigenvalue weighted by atomic mass is 10.1. The number of aromatic nitrogens is 1. The van der Waals surface area contributed by atoms with Gasteiger partial charge < -0.3 is 14.6 Å². The molecule has 17 heavy (non-hydrogen) atoms. The molecule has 92 valence electrons. The van der Waals surface area contributed by atoms with Crippen LogP contribution < -0.4 is 4.74 Å². The van der Waals surface area contributed by atoms with E-state index in [1.165, 1.54) is 6.07 Å². The number of carboxylic acids is 1. The Morgan fingerprint density at radius 3 is 2.82 bits per heavy atom. The van der Waals surface area contributed by atoms with Crippen molar-refractivity contribution < 1.29 is 19.4 Å². The van der Waals surface area contributed by atoms with E-state index in [0.29, 0.717) is 19.1 Å². The lowest BCUT2D eigenvalue weighted by Crippen LogP contribution is -2.26. The second kappa shape index (κ2) is 5.33. The Labute approximate surface area is 103 Å². The Morgan fingerprint density at radius 2 is 2.18 bits per heavy atom. The summed E-state index contributed by atoms with van der Waals surface area (Å²) < 4.78 is 10.8. The maximum Gasteiger partial charge on any atom is 0.356 e. The Morgan fingerprint density at radius 1 is 1.47 bits per heavy atom. The van der Waals surface area contributed by atoms with Crippen molar-refractivity contribution in [3.63, 3.8) is 0 Å². The number of pyridine rings is 1. The summed E-state index contributed by atoms with van der Waals surface area (Å²) in [4.78, 5) is 14.7. The molecule has 0 atom stereocenters. The number of carboxylic acid groups (broad SMARTS) is 1. The lowest BCUT2D eigenvalue weighted by Gasteiger charge is -2.22. The van der Waals surface area contributed by atoms with E-state index in [-0.39, 0.29) is 16.8 Å². The average molecular weight is 258 g/mol. The number of nitrogens with zero attached hydrogens (tertiary/aromatic N) is 1. The highest BCUT2D eigenvalue weighted by molar-refractivity contribution is 6.33. The monoisotopic (exact) mass is 257 g/mol. The first-order chi connectivity index (χ1) is 8.16. The molecule has 1 aromatic rings. The summed E-state index contributed by atoms with van der Waals surface area (Å²) in [5, 5.41) is 8.98.